The first-order valence-electron chi connectivity index (χ1n) is 6.42. The molecule has 3 heteroatoms. The van der Waals surface area contributed by atoms with Gasteiger partial charge in [-0.3, -0.25) is 4.90 Å². The Morgan fingerprint density at radius 1 is 1.44 bits per heavy atom. The summed E-state index contributed by atoms with van der Waals surface area (Å²) in [5.74, 6) is 0. The molecule has 0 saturated carbocycles. The van der Waals surface area contributed by atoms with Gasteiger partial charge in [-0.25, -0.2) is 0 Å². The highest BCUT2D eigenvalue weighted by Gasteiger charge is 2.37. The Bertz CT molecular complexity index is 212. The summed E-state index contributed by atoms with van der Waals surface area (Å²) in [6.07, 6.45) is 2.57. The normalized spacial score (nSPS) is 27.0. The molecule has 96 valence electrons. The third-order valence-corrected chi connectivity index (χ3v) is 3.67. The Hall–Kier alpha value is -0.120. The second-order valence-corrected chi connectivity index (χ2v) is 6.02. The van der Waals surface area contributed by atoms with Gasteiger partial charge < -0.3 is 10.5 Å². The number of likely N-dealkylation sites (tertiary alicyclic amines) is 1. The van der Waals surface area contributed by atoms with Crippen LogP contribution in [0.25, 0.3) is 0 Å². The van der Waals surface area contributed by atoms with Crippen molar-refractivity contribution in [3.8, 4) is 0 Å². The molecule has 1 fully saturated rings. The van der Waals surface area contributed by atoms with Crippen molar-refractivity contribution in [1.29, 1.82) is 0 Å². The molecule has 0 aromatic carbocycles. The fraction of sp³-hybridized carbons (Fsp3) is 1.00. The Labute approximate surface area is 100 Å². The van der Waals surface area contributed by atoms with Gasteiger partial charge in [-0.1, -0.05) is 27.7 Å². The van der Waals surface area contributed by atoms with E-state index >= 15 is 0 Å². The first kappa shape index (κ1) is 13.9. The minimum absolute atomic E-state index is 0.234. The summed E-state index contributed by atoms with van der Waals surface area (Å²) in [6.45, 7) is 11.2. The molecule has 1 aliphatic rings. The molecule has 0 radical (unpaired) electrons. The van der Waals surface area contributed by atoms with Crippen molar-refractivity contribution in [2.45, 2.75) is 58.7 Å². The first-order valence-corrected chi connectivity index (χ1v) is 6.42. The first-order chi connectivity index (χ1) is 7.40. The predicted molar refractivity (Wildman–Crippen MR) is 68.5 cm³/mol. The van der Waals surface area contributed by atoms with Crippen LogP contribution >= 0.6 is 0 Å². The van der Waals surface area contributed by atoms with Crippen LogP contribution in [0.4, 0.5) is 0 Å². The molecule has 1 saturated heterocycles. The predicted octanol–water partition coefficient (Wildman–Crippen LogP) is 1.86. The Balaban J connectivity index is 2.71. The number of hydrogen-bond acceptors (Lipinski definition) is 3. The maximum Gasteiger partial charge on any atom is 0.0710 e. The molecule has 1 heterocycles. The average Bonchev–Trinajstić information content (AvgIpc) is 2.64. The van der Waals surface area contributed by atoms with Gasteiger partial charge in [0.1, 0.15) is 0 Å². The lowest BCUT2D eigenvalue weighted by Crippen LogP contribution is -2.54. The van der Waals surface area contributed by atoms with Crippen molar-refractivity contribution >= 4 is 0 Å². The third kappa shape index (κ3) is 3.19. The van der Waals surface area contributed by atoms with Gasteiger partial charge in [0.05, 0.1) is 6.10 Å². The van der Waals surface area contributed by atoms with Crippen LogP contribution < -0.4 is 5.73 Å². The molecule has 0 aromatic heterocycles. The zero-order valence-corrected chi connectivity index (χ0v) is 11.5. The number of rotatable bonds is 4. The third-order valence-electron chi connectivity index (χ3n) is 3.67. The molecule has 3 unspecified atom stereocenters. The van der Waals surface area contributed by atoms with Gasteiger partial charge in [-0.05, 0) is 18.3 Å². The highest BCUT2D eigenvalue weighted by atomic mass is 16.5. The minimum Gasteiger partial charge on any atom is -0.380 e. The van der Waals surface area contributed by atoms with Crippen LogP contribution in [0.15, 0.2) is 0 Å². The Morgan fingerprint density at radius 3 is 2.44 bits per heavy atom. The maximum atomic E-state index is 6.29. The SMILES string of the molecule is CCC(N)C(N1CCC(OC)C1)C(C)(C)C. The van der Waals surface area contributed by atoms with Gasteiger partial charge in [0, 0.05) is 32.3 Å². The molecule has 2 N–H and O–H groups in total. The zero-order chi connectivity index (χ0) is 12.3. The van der Waals surface area contributed by atoms with E-state index < -0.39 is 0 Å². The standard InChI is InChI=1S/C13H28N2O/c1-6-11(14)12(13(2,3)4)15-8-7-10(9-15)16-5/h10-12H,6-9,14H2,1-5H3. The lowest BCUT2D eigenvalue weighted by Gasteiger charge is -2.41. The second kappa shape index (κ2) is 5.48. The molecule has 1 rings (SSSR count). The van der Waals surface area contributed by atoms with E-state index in [0.717, 1.165) is 25.9 Å². The Morgan fingerprint density at radius 2 is 2.06 bits per heavy atom. The van der Waals surface area contributed by atoms with Crippen molar-refractivity contribution in [3.05, 3.63) is 0 Å². The maximum absolute atomic E-state index is 6.29. The summed E-state index contributed by atoms with van der Waals surface area (Å²) >= 11 is 0. The smallest absolute Gasteiger partial charge is 0.0710 e. The monoisotopic (exact) mass is 228 g/mol. The van der Waals surface area contributed by atoms with E-state index in [0.29, 0.717) is 12.1 Å². The minimum atomic E-state index is 0.234. The summed E-state index contributed by atoms with van der Waals surface area (Å²) in [6, 6.07) is 0.716. The number of hydrogen-bond donors (Lipinski definition) is 1. The summed E-state index contributed by atoms with van der Waals surface area (Å²) in [5, 5.41) is 0. The van der Waals surface area contributed by atoms with Gasteiger partial charge in [0.15, 0.2) is 0 Å². The lowest BCUT2D eigenvalue weighted by atomic mass is 9.80. The summed E-state index contributed by atoms with van der Waals surface area (Å²) in [7, 11) is 1.81. The second-order valence-electron chi connectivity index (χ2n) is 6.02. The quantitative estimate of drug-likeness (QED) is 0.798. The van der Waals surface area contributed by atoms with Gasteiger partial charge >= 0.3 is 0 Å². The van der Waals surface area contributed by atoms with E-state index in [4.69, 9.17) is 10.5 Å². The van der Waals surface area contributed by atoms with Crippen LogP contribution in [-0.2, 0) is 4.74 Å². The average molecular weight is 228 g/mol. The Kier molecular flexibility index (Phi) is 4.77. The highest BCUT2D eigenvalue weighted by molar-refractivity contribution is 4.94. The van der Waals surface area contributed by atoms with Crippen molar-refractivity contribution < 1.29 is 4.74 Å². The van der Waals surface area contributed by atoms with E-state index in [-0.39, 0.29) is 11.5 Å². The fourth-order valence-electron chi connectivity index (χ4n) is 2.88. The van der Waals surface area contributed by atoms with E-state index in [9.17, 15) is 0 Å². The molecular formula is C13H28N2O. The number of nitrogens with zero attached hydrogens (tertiary/aromatic N) is 1. The van der Waals surface area contributed by atoms with Gasteiger partial charge in [0.25, 0.3) is 0 Å². The molecule has 1 aliphatic heterocycles. The number of ether oxygens (including phenoxy) is 1. The molecule has 0 aromatic rings. The molecular weight excluding hydrogens is 200 g/mol. The van der Waals surface area contributed by atoms with Crippen molar-refractivity contribution in [2.24, 2.45) is 11.1 Å². The number of nitrogens with two attached hydrogens (primary N) is 1. The summed E-state index contributed by atoms with van der Waals surface area (Å²) < 4.78 is 5.44. The molecule has 0 bridgehead atoms. The molecule has 3 nitrogen and oxygen atoms in total. The van der Waals surface area contributed by atoms with Crippen LogP contribution in [0.2, 0.25) is 0 Å². The summed E-state index contributed by atoms with van der Waals surface area (Å²) in [4.78, 5) is 2.52. The topological polar surface area (TPSA) is 38.5 Å². The molecule has 0 amide bonds. The van der Waals surface area contributed by atoms with Crippen LogP contribution in [0.3, 0.4) is 0 Å². The molecule has 0 spiro atoms. The van der Waals surface area contributed by atoms with Gasteiger partial charge in [0.2, 0.25) is 0 Å². The van der Waals surface area contributed by atoms with Gasteiger partial charge in [-0.2, -0.15) is 0 Å². The van der Waals surface area contributed by atoms with Crippen LogP contribution in [0, 0.1) is 5.41 Å². The van der Waals surface area contributed by atoms with Gasteiger partial charge in [-0.15, -0.1) is 0 Å². The lowest BCUT2D eigenvalue weighted by molar-refractivity contribution is 0.0652. The van der Waals surface area contributed by atoms with Crippen molar-refractivity contribution in [3.63, 3.8) is 0 Å². The van der Waals surface area contributed by atoms with Crippen LogP contribution in [0.1, 0.15) is 40.5 Å². The van der Waals surface area contributed by atoms with E-state index in [1.54, 1.807) is 7.11 Å². The van der Waals surface area contributed by atoms with E-state index in [2.05, 4.69) is 32.6 Å². The fourth-order valence-corrected chi connectivity index (χ4v) is 2.88. The van der Waals surface area contributed by atoms with E-state index in [1.165, 1.54) is 0 Å². The number of methoxy groups -OCH3 is 1. The van der Waals surface area contributed by atoms with Crippen molar-refractivity contribution in [2.75, 3.05) is 20.2 Å². The van der Waals surface area contributed by atoms with Crippen molar-refractivity contribution in [1.82, 2.24) is 4.90 Å². The highest BCUT2D eigenvalue weighted by Crippen LogP contribution is 2.30. The van der Waals surface area contributed by atoms with Crippen LogP contribution in [0.5, 0.6) is 0 Å². The molecule has 3 atom stereocenters. The van der Waals surface area contributed by atoms with E-state index in [1.807, 2.05) is 0 Å². The summed E-state index contributed by atoms with van der Waals surface area (Å²) in [5.41, 5.74) is 6.52. The molecule has 0 aliphatic carbocycles. The van der Waals surface area contributed by atoms with Crippen LogP contribution in [-0.4, -0.2) is 43.3 Å². The zero-order valence-electron chi connectivity index (χ0n) is 11.5. The molecule has 16 heavy (non-hydrogen) atoms. The largest absolute Gasteiger partial charge is 0.380 e.